The zero-order valence-electron chi connectivity index (χ0n) is 20.5. The minimum Gasteiger partial charge on any atom is -0.385 e. The lowest BCUT2D eigenvalue weighted by Crippen LogP contribution is -2.45. The third-order valence-electron chi connectivity index (χ3n) is 6.88. The Morgan fingerprint density at radius 1 is 0.923 bits per heavy atom. The van der Waals surface area contributed by atoms with Gasteiger partial charge >= 0.3 is 6.18 Å². The van der Waals surface area contributed by atoms with Crippen LogP contribution in [-0.2, 0) is 21.8 Å². The van der Waals surface area contributed by atoms with Gasteiger partial charge in [0, 0.05) is 35.9 Å². The van der Waals surface area contributed by atoms with Gasteiger partial charge in [-0.25, -0.2) is 8.42 Å². The van der Waals surface area contributed by atoms with Gasteiger partial charge < -0.3 is 10.0 Å². The van der Waals surface area contributed by atoms with Gasteiger partial charge in [-0.2, -0.15) is 13.2 Å². The molecule has 202 valence electrons. The fourth-order valence-electron chi connectivity index (χ4n) is 4.85. The molecule has 1 saturated heterocycles. The standard InChI is InChI=1S/C28H24F3N3O4S/c29-28(30,31)23-8-2-1-7-22(23)27(36)14-17-34(18-15-27)26(35)20-10-12-21(13-11-20)33-39(37,38)24-9-3-5-19-6-4-16-32-25(19)24/h1-13,16,33,36H,14-15,17-18H2. The van der Waals surface area contributed by atoms with E-state index in [1.807, 2.05) is 0 Å². The Morgan fingerprint density at radius 3 is 2.28 bits per heavy atom. The van der Waals surface area contributed by atoms with Gasteiger partial charge in [0.15, 0.2) is 0 Å². The largest absolute Gasteiger partial charge is 0.416 e. The van der Waals surface area contributed by atoms with Crippen molar-refractivity contribution < 1.29 is 31.5 Å². The molecule has 0 bridgehead atoms. The van der Waals surface area contributed by atoms with E-state index in [1.165, 1.54) is 59.6 Å². The number of carbonyl (C=O) groups excluding carboxylic acids is 1. The van der Waals surface area contributed by atoms with E-state index in [4.69, 9.17) is 0 Å². The summed E-state index contributed by atoms with van der Waals surface area (Å²) in [6.07, 6.45) is -3.20. The molecule has 1 fully saturated rings. The number of benzene rings is 3. The molecule has 11 heteroatoms. The number of carbonyl (C=O) groups is 1. The molecule has 1 aliphatic heterocycles. The average molecular weight is 556 g/mol. The van der Waals surface area contributed by atoms with Crippen molar-refractivity contribution in [3.63, 3.8) is 0 Å². The molecular weight excluding hydrogens is 531 g/mol. The molecule has 2 heterocycles. The zero-order chi connectivity index (χ0) is 27.8. The summed E-state index contributed by atoms with van der Waals surface area (Å²) in [6, 6.07) is 19.1. The van der Waals surface area contributed by atoms with Crippen molar-refractivity contribution in [2.24, 2.45) is 0 Å². The molecule has 3 aromatic carbocycles. The van der Waals surface area contributed by atoms with Crippen molar-refractivity contribution >= 4 is 32.5 Å². The monoisotopic (exact) mass is 555 g/mol. The van der Waals surface area contributed by atoms with Crippen LogP contribution in [-0.4, -0.2) is 42.4 Å². The number of halogens is 3. The molecule has 1 aliphatic rings. The van der Waals surface area contributed by atoms with Gasteiger partial charge in [0.05, 0.1) is 16.7 Å². The van der Waals surface area contributed by atoms with Crippen LogP contribution in [0.25, 0.3) is 10.9 Å². The van der Waals surface area contributed by atoms with Gasteiger partial charge in [0.1, 0.15) is 4.90 Å². The van der Waals surface area contributed by atoms with Gasteiger partial charge in [-0.05, 0) is 60.9 Å². The first kappa shape index (κ1) is 26.6. The van der Waals surface area contributed by atoms with Gasteiger partial charge in [0.25, 0.3) is 15.9 Å². The van der Waals surface area contributed by atoms with Crippen LogP contribution in [0.3, 0.4) is 0 Å². The molecule has 7 nitrogen and oxygen atoms in total. The molecule has 0 radical (unpaired) electrons. The number of fused-ring (bicyclic) bond motifs is 1. The van der Waals surface area contributed by atoms with E-state index >= 15 is 0 Å². The highest BCUT2D eigenvalue weighted by Gasteiger charge is 2.42. The topological polar surface area (TPSA) is 99.6 Å². The Kier molecular flexibility index (Phi) is 6.81. The van der Waals surface area contributed by atoms with Crippen LogP contribution >= 0.6 is 0 Å². The molecule has 2 N–H and O–H groups in total. The van der Waals surface area contributed by atoms with Crippen molar-refractivity contribution in [1.29, 1.82) is 0 Å². The highest BCUT2D eigenvalue weighted by atomic mass is 32.2. The molecule has 0 spiro atoms. The molecule has 0 unspecified atom stereocenters. The lowest BCUT2D eigenvalue weighted by molar-refractivity contribution is -0.141. The maximum absolute atomic E-state index is 13.5. The van der Waals surface area contributed by atoms with Gasteiger partial charge in [0.2, 0.25) is 0 Å². The quantitative estimate of drug-likeness (QED) is 0.354. The number of hydrogen-bond donors (Lipinski definition) is 2. The van der Waals surface area contributed by atoms with Crippen molar-refractivity contribution in [1.82, 2.24) is 9.88 Å². The fourth-order valence-corrected chi connectivity index (χ4v) is 6.09. The molecule has 0 atom stereocenters. The van der Waals surface area contributed by atoms with Crippen molar-refractivity contribution in [3.05, 3.63) is 102 Å². The van der Waals surface area contributed by atoms with Crippen LogP contribution in [0.15, 0.2) is 90.0 Å². The van der Waals surface area contributed by atoms with E-state index in [1.54, 1.807) is 24.3 Å². The Morgan fingerprint density at radius 2 is 1.59 bits per heavy atom. The molecule has 1 amide bonds. The number of aromatic nitrogens is 1. The second kappa shape index (κ2) is 9.97. The predicted octanol–water partition coefficient (Wildman–Crippen LogP) is 5.18. The molecule has 5 rings (SSSR count). The number of aliphatic hydroxyl groups is 1. The normalized spacial score (nSPS) is 15.7. The van der Waals surface area contributed by atoms with Crippen molar-refractivity contribution in [3.8, 4) is 0 Å². The molecule has 1 aromatic heterocycles. The number of rotatable bonds is 5. The van der Waals surface area contributed by atoms with E-state index in [-0.39, 0.29) is 53.5 Å². The first-order chi connectivity index (χ1) is 18.5. The minimum absolute atomic E-state index is 0.0219. The zero-order valence-corrected chi connectivity index (χ0v) is 21.3. The Labute approximate surface area is 223 Å². The number of likely N-dealkylation sites (tertiary alicyclic amines) is 1. The van der Waals surface area contributed by atoms with Gasteiger partial charge in [-0.15, -0.1) is 0 Å². The SMILES string of the molecule is O=C(c1ccc(NS(=O)(=O)c2cccc3cccnc23)cc1)N1CCC(O)(c2ccccc2C(F)(F)F)CC1. The number of para-hydroxylation sites is 1. The number of anilines is 1. The van der Waals surface area contributed by atoms with E-state index in [2.05, 4.69) is 9.71 Å². The highest BCUT2D eigenvalue weighted by Crippen LogP contribution is 2.41. The maximum atomic E-state index is 13.5. The summed E-state index contributed by atoms with van der Waals surface area (Å²) < 4.78 is 69.0. The first-order valence-corrected chi connectivity index (χ1v) is 13.6. The molecule has 4 aromatic rings. The summed E-state index contributed by atoms with van der Waals surface area (Å²) in [5, 5.41) is 11.7. The number of amides is 1. The molecular formula is C28H24F3N3O4S. The number of pyridine rings is 1. The second-order valence-corrected chi connectivity index (χ2v) is 11.0. The number of nitrogens with zero attached hydrogens (tertiary/aromatic N) is 2. The molecule has 39 heavy (non-hydrogen) atoms. The van der Waals surface area contributed by atoms with E-state index in [0.717, 1.165) is 6.07 Å². The number of alkyl halides is 3. The number of hydrogen-bond acceptors (Lipinski definition) is 5. The van der Waals surface area contributed by atoms with Crippen molar-refractivity contribution in [2.75, 3.05) is 17.8 Å². The van der Waals surface area contributed by atoms with Gasteiger partial charge in [-0.1, -0.05) is 36.4 Å². The van der Waals surface area contributed by atoms with E-state index < -0.39 is 27.4 Å². The number of nitrogens with one attached hydrogen (secondary N) is 1. The van der Waals surface area contributed by atoms with Crippen LogP contribution in [0.1, 0.15) is 34.3 Å². The third kappa shape index (κ3) is 5.32. The first-order valence-electron chi connectivity index (χ1n) is 12.1. The van der Waals surface area contributed by atoms with Crippen LogP contribution in [0, 0.1) is 0 Å². The minimum atomic E-state index is -4.60. The maximum Gasteiger partial charge on any atom is 0.416 e. The summed E-state index contributed by atoms with van der Waals surface area (Å²) in [6.45, 7) is 0.119. The summed E-state index contributed by atoms with van der Waals surface area (Å²) in [4.78, 5) is 18.7. The number of piperidine rings is 1. The molecule has 0 aliphatic carbocycles. The Hall–Kier alpha value is -3.96. The summed E-state index contributed by atoms with van der Waals surface area (Å²) in [5.41, 5.74) is -1.92. The Balaban J connectivity index is 1.28. The van der Waals surface area contributed by atoms with Crippen LogP contribution in [0.5, 0.6) is 0 Å². The summed E-state index contributed by atoms with van der Waals surface area (Å²) in [7, 11) is -3.96. The van der Waals surface area contributed by atoms with E-state index in [0.29, 0.717) is 10.9 Å². The predicted molar refractivity (Wildman–Crippen MR) is 139 cm³/mol. The lowest BCUT2D eigenvalue weighted by atomic mass is 9.81. The van der Waals surface area contributed by atoms with Crippen LogP contribution < -0.4 is 4.72 Å². The highest BCUT2D eigenvalue weighted by molar-refractivity contribution is 7.93. The average Bonchev–Trinajstić information content (AvgIpc) is 2.92. The molecule has 0 saturated carbocycles. The fraction of sp³-hybridized carbons (Fsp3) is 0.214. The van der Waals surface area contributed by atoms with E-state index in [9.17, 15) is 31.5 Å². The summed E-state index contributed by atoms with van der Waals surface area (Å²) in [5.74, 6) is -0.367. The third-order valence-corrected chi connectivity index (χ3v) is 8.29. The Bertz CT molecular complexity index is 1630. The van der Waals surface area contributed by atoms with Crippen LogP contribution in [0.2, 0.25) is 0 Å². The smallest absolute Gasteiger partial charge is 0.385 e. The number of sulfonamides is 1. The van der Waals surface area contributed by atoms with Gasteiger partial charge in [-0.3, -0.25) is 14.5 Å². The second-order valence-electron chi connectivity index (χ2n) is 9.38. The lowest BCUT2D eigenvalue weighted by Gasteiger charge is -2.39. The van der Waals surface area contributed by atoms with Crippen molar-refractivity contribution in [2.45, 2.75) is 29.5 Å². The summed E-state index contributed by atoms with van der Waals surface area (Å²) >= 11 is 0. The van der Waals surface area contributed by atoms with Crippen LogP contribution in [0.4, 0.5) is 18.9 Å².